The number of carboxylic acids is 1. The summed E-state index contributed by atoms with van der Waals surface area (Å²) in [5.41, 5.74) is 0. The van der Waals surface area contributed by atoms with Crippen LogP contribution in [0.1, 0.15) is 47.2 Å². The quantitative estimate of drug-likeness (QED) is 0.844. The zero-order valence-corrected chi connectivity index (χ0v) is 10.9. The van der Waals surface area contributed by atoms with Crippen molar-refractivity contribution in [3.63, 3.8) is 0 Å². The second kappa shape index (κ2) is 5.54. The van der Waals surface area contributed by atoms with Crippen LogP contribution < -0.4 is 4.74 Å². The van der Waals surface area contributed by atoms with Gasteiger partial charge in [-0.05, 0) is 31.2 Å². The van der Waals surface area contributed by atoms with Crippen molar-refractivity contribution in [1.29, 1.82) is 0 Å². The highest BCUT2D eigenvalue weighted by Gasteiger charge is 2.21. The molecule has 1 aliphatic carbocycles. The average molecular weight is 254 g/mol. The summed E-state index contributed by atoms with van der Waals surface area (Å²) in [6, 6.07) is 1.90. The fourth-order valence-corrected chi connectivity index (χ4v) is 2.96. The predicted molar refractivity (Wildman–Crippen MR) is 68.1 cm³/mol. The summed E-state index contributed by atoms with van der Waals surface area (Å²) in [5, 5.41) is 9.11. The number of carbonyl (C=O) groups is 1. The second-order valence-corrected chi connectivity index (χ2v) is 5.71. The fourth-order valence-electron chi connectivity index (χ4n) is 1.92. The van der Waals surface area contributed by atoms with Gasteiger partial charge in [0.2, 0.25) is 0 Å². The molecule has 0 atom stereocenters. The van der Waals surface area contributed by atoms with Crippen LogP contribution in [0.5, 0.6) is 5.75 Å². The van der Waals surface area contributed by atoms with Gasteiger partial charge in [-0.25, -0.2) is 4.79 Å². The van der Waals surface area contributed by atoms with E-state index in [1.807, 2.05) is 6.07 Å². The molecule has 4 heteroatoms. The molecular formula is C13H18O3S. The lowest BCUT2D eigenvalue weighted by molar-refractivity contribution is 0.0696. The van der Waals surface area contributed by atoms with Gasteiger partial charge < -0.3 is 9.84 Å². The molecule has 0 radical (unpaired) electrons. The normalized spacial score (nSPS) is 15.6. The third kappa shape index (κ3) is 3.00. The van der Waals surface area contributed by atoms with Gasteiger partial charge in [0, 0.05) is 4.88 Å². The molecular weight excluding hydrogens is 236 g/mol. The van der Waals surface area contributed by atoms with Crippen molar-refractivity contribution in [2.75, 3.05) is 6.61 Å². The van der Waals surface area contributed by atoms with Crippen molar-refractivity contribution < 1.29 is 14.6 Å². The Morgan fingerprint density at radius 1 is 1.59 bits per heavy atom. The molecule has 3 nitrogen and oxygen atoms in total. The van der Waals surface area contributed by atoms with Crippen molar-refractivity contribution in [2.24, 2.45) is 5.92 Å². The fraction of sp³-hybridized carbons (Fsp3) is 0.615. The van der Waals surface area contributed by atoms with E-state index < -0.39 is 5.97 Å². The largest absolute Gasteiger partial charge is 0.491 e. The molecule has 0 spiro atoms. The van der Waals surface area contributed by atoms with Crippen molar-refractivity contribution in [2.45, 2.75) is 39.0 Å². The molecule has 0 saturated heterocycles. The molecule has 0 aromatic carbocycles. The van der Waals surface area contributed by atoms with E-state index in [1.54, 1.807) is 0 Å². The Kier molecular flexibility index (Phi) is 4.05. The SMILES string of the molecule is CCCc1cc(OCC2CCC2)c(C(=O)O)s1. The lowest BCUT2D eigenvalue weighted by Crippen LogP contribution is -2.19. The number of aromatic carboxylic acids is 1. The maximum absolute atomic E-state index is 11.1. The van der Waals surface area contributed by atoms with Crippen LogP contribution in [0.2, 0.25) is 0 Å². The van der Waals surface area contributed by atoms with Crippen molar-refractivity contribution in [3.8, 4) is 5.75 Å². The smallest absolute Gasteiger partial charge is 0.349 e. The molecule has 1 aliphatic rings. The Morgan fingerprint density at radius 3 is 2.88 bits per heavy atom. The lowest BCUT2D eigenvalue weighted by Gasteiger charge is -2.24. The summed E-state index contributed by atoms with van der Waals surface area (Å²) >= 11 is 1.34. The minimum atomic E-state index is -0.874. The molecule has 1 fully saturated rings. The maximum atomic E-state index is 11.1. The van der Waals surface area contributed by atoms with Gasteiger partial charge in [0.05, 0.1) is 6.61 Å². The van der Waals surface area contributed by atoms with Gasteiger partial charge in [0.15, 0.2) is 4.88 Å². The van der Waals surface area contributed by atoms with Crippen LogP contribution in [0.15, 0.2) is 6.07 Å². The van der Waals surface area contributed by atoms with Gasteiger partial charge in [-0.2, -0.15) is 0 Å². The molecule has 0 bridgehead atoms. The molecule has 94 valence electrons. The van der Waals surface area contributed by atoms with Gasteiger partial charge >= 0.3 is 5.97 Å². The van der Waals surface area contributed by atoms with E-state index >= 15 is 0 Å². The van der Waals surface area contributed by atoms with Gasteiger partial charge in [-0.3, -0.25) is 0 Å². The Labute approximate surface area is 105 Å². The maximum Gasteiger partial charge on any atom is 0.349 e. The first-order chi connectivity index (χ1) is 8.20. The molecule has 1 heterocycles. The minimum Gasteiger partial charge on any atom is -0.491 e. The van der Waals surface area contributed by atoms with E-state index in [9.17, 15) is 4.79 Å². The number of hydrogen-bond donors (Lipinski definition) is 1. The average Bonchev–Trinajstić information content (AvgIpc) is 2.60. The van der Waals surface area contributed by atoms with Crippen LogP contribution in [0.3, 0.4) is 0 Å². The summed E-state index contributed by atoms with van der Waals surface area (Å²) in [7, 11) is 0. The van der Waals surface area contributed by atoms with E-state index in [0.717, 1.165) is 17.7 Å². The highest BCUT2D eigenvalue weighted by atomic mass is 32.1. The molecule has 0 amide bonds. The number of ether oxygens (including phenoxy) is 1. The standard InChI is InChI=1S/C13H18O3S/c1-2-4-10-7-11(12(17-10)13(14)15)16-8-9-5-3-6-9/h7,9H,2-6,8H2,1H3,(H,14,15). The topological polar surface area (TPSA) is 46.5 Å². The number of thiophene rings is 1. The van der Waals surface area contributed by atoms with E-state index in [2.05, 4.69) is 6.92 Å². The molecule has 17 heavy (non-hydrogen) atoms. The van der Waals surface area contributed by atoms with Crippen molar-refractivity contribution in [1.82, 2.24) is 0 Å². The Balaban J connectivity index is 2.03. The summed E-state index contributed by atoms with van der Waals surface area (Å²) in [6.07, 6.45) is 5.67. The first-order valence-electron chi connectivity index (χ1n) is 6.19. The number of carboxylic acid groups (broad SMARTS) is 1. The molecule has 1 saturated carbocycles. The van der Waals surface area contributed by atoms with Crippen LogP contribution in [-0.4, -0.2) is 17.7 Å². The summed E-state index contributed by atoms with van der Waals surface area (Å²) < 4.78 is 5.66. The van der Waals surface area contributed by atoms with Gasteiger partial charge in [-0.15, -0.1) is 11.3 Å². The Hall–Kier alpha value is -1.03. The number of aryl methyl sites for hydroxylation is 1. The Morgan fingerprint density at radius 2 is 2.35 bits per heavy atom. The number of rotatable bonds is 6. The van der Waals surface area contributed by atoms with Gasteiger partial charge in [0.25, 0.3) is 0 Å². The first kappa shape index (κ1) is 12.4. The molecule has 1 aromatic rings. The van der Waals surface area contributed by atoms with E-state index in [0.29, 0.717) is 23.2 Å². The van der Waals surface area contributed by atoms with Crippen LogP contribution in [-0.2, 0) is 6.42 Å². The zero-order chi connectivity index (χ0) is 12.3. The molecule has 1 N–H and O–H groups in total. The van der Waals surface area contributed by atoms with Crippen molar-refractivity contribution >= 4 is 17.3 Å². The van der Waals surface area contributed by atoms with E-state index in [-0.39, 0.29) is 0 Å². The minimum absolute atomic E-state index is 0.354. The van der Waals surface area contributed by atoms with E-state index in [4.69, 9.17) is 9.84 Å². The van der Waals surface area contributed by atoms with Crippen LogP contribution in [0.4, 0.5) is 0 Å². The summed E-state index contributed by atoms with van der Waals surface area (Å²) in [4.78, 5) is 12.6. The van der Waals surface area contributed by atoms with Gasteiger partial charge in [-0.1, -0.05) is 19.8 Å². The second-order valence-electron chi connectivity index (χ2n) is 4.57. The van der Waals surface area contributed by atoms with Gasteiger partial charge in [0.1, 0.15) is 5.75 Å². The lowest BCUT2D eigenvalue weighted by atomic mass is 9.86. The van der Waals surface area contributed by atoms with Crippen LogP contribution in [0, 0.1) is 5.92 Å². The summed E-state index contributed by atoms with van der Waals surface area (Å²) in [6.45, 7) is 2.76. The predicted octanol–water partition coefficient (Wildman–Crippen LogP) is 3.58. The van der Waals surface area contributed by atoms with Crippen LogP contribution >= 0.6 is 11.3 Å². The molecule has 0 aliphatic heterocycles. The molecule has 2 rings (SSSR count). The molecule has 0 unspecified atom stereocenters. The summed E-state index contributed by atoms with van der Waals surface area (Å²) in [5.74, 6) is 0.324. The highest BCUT2D eigenvalue weighted by Crippen LogP contribution is 2.33. The number of hydrogen-bond acceptors (Lipinski definition) is 3. The zero-order valence-electron chi connectivity index (χ0n) is 10.1. The van der Waals surface area contributed by atoms with Crippen molar-refractivity contribution in [3.05, 3.63) is 15.8 Å². The first-order valence-corrected chi connectivity index (χ1v) is 7.01. The monoisotopic (exact) mass is 254 g/mol. The molecule has 1 aromatic heterocycles. The van der Waals surface area contributed by atoms with E-state index in [1.165, 1.54) is 30.6 Å². The third-order valence-electron chi connectivity index (χ3n) is 3.14. The Bertz CT molecular complexity index is 393. The van der Waals surface area contributed by atoms with Crippen LogP contribution in [0.25, 0.3) is 0 Å². The third-order valence-corrected chi connectivity index (χ3v) is 4.30. The highest BCUT2D eigenvalue weighted by molar-refractivity contribution is 7.14.